The van der Waals surface area contributed by atoms with Crippen LogP contribution in [0.4, 0.5) is 4.39 Å². The highest BCUT2D eigenvalue weighted by atomic mass is 35.5. The second-order valence-electron chi connectivity index (χ2n) is 7.51. The zero-order valence-electron chi connectivity index (χ0n) is 16.8. The summed E-state index contributed by atoms with van der Waals surface area (Å²) >= 11 is 5.92. The molecule has 0 bridgehead atoms. The van der Waals surface area contributed by atoms with Gasteiger partial charge in [-0.05, 0) is 48.2 Å². The number of hydrogen-bond donors (Lipinski definition) is 1. The summed E-state index contributed by atoms with van der Waals surface area (Å²) in [5.74, 6) is -0.284. The van der Waals surface area contributed by atoms with Crippen LogP contribution in [0.1, 0.15) is 25.8 Å². The molecule has 2 aromatic carbocycles. The fraction of sp³-hybridized carbons (Fsp3) is 0.318. The van der Waals surface area contributed by atoms with E-state index in [0.717, 1.165) is 5.56 Å². The summed E-state index contributed by atoms with van der Waals surface area (Å²) < 4.78 is 16.1. The van der Waals surface area contributed by atoms with Crippen molar-refractivity contribution in [1.82, 2.24) is 14.3 Å². The second-order valence-corrected chi connectivity index (χ2v) is 7.92. The highest BCUT2D eigenvalue weighted by Gasteiger charge is 2.20. The maximum absolute atomic E-state index is 13.6. The number of aromatic nitrogens is 3. The Bertz CT molecular complexity index is 1100. The van der Waals surface area contributed by atoms with Crippen LogP contribution < -0.4 is 5.69 Å². The van der Waals surface area contributed by atoms with Crippen LogP contribution in [0.25, 0.3) is 17.1 Å². The van der Waals surface area contributed by atoms with Crippen molar-refractivity contribution in [2.45, 2.75) is 33.2 Å². The van der Waals surface area contributed by atoms with Crippen LogP contribution in [0.2, 0.25) is 5.02 Å². The third kappa shape index (κ3) is 4.86. The lowest BCUT2D eigenvalue weighted by atomic mass is 10.1. The largest absolute Gasteiger partial charge is 0.396 e. The zero-order chi connectivity index (χ0) is 21.8. The Morgan fingerprint density at radius 2 is 1.90 bits per heavy atom. The van der Waals surface area contributed by atoms with Gasteiger partial charge in [-0.2, -0.15) is 4.68 Å². The third-order valence-electron chi connectivity index (χ3n) is 4.59. The van der Waals surface area contributed by atoms with Crippen molar-refractivity contribution in [2.24, 2.45) is 5.92 Å². The van der Waals surface area contributed by atoms with Crippen LogP contribution in [0, 0.1) is 11.7 Å². The van der Waals surface area contributed by atoms with Gasteiger partial charge in [-0.1, -0.05) is 37.6 Å². The summed E-state index contributed by atoms with van der Waals surface area (Å²) in [4.78, 5) is 25.5. The molecule has 1 N–H and O–H groups in total. The Balaban J connectivity index is 2.09. The van der Waals surface area contributed by atoms with E-state index in [2.05, 4.69) is 5.10 Å². The van der Waals surface area contributed by atoms with Crippen molar-refractivity contribution in [2.75, 3.05) is 6.61 Å². The van der Waals surface area contributed by atoms with Gasteiger partial charge in [0.05, 0.1) is 17.3 Å². The lowest BCUT2D eigenvalue weighted by Crippen LogP contribution is -2.27. The Morgan fingerprint density at radius 1 is 1.20 bits per heavy atom. The van der Waals surface area contributed by atoms with Gasteiger partial charge in [0.1, 0.15) is 5.82 Å². The molecule has 6 nitrogen and oxygen atoms in total. The number of Topliss-reactive ketones (excluding diaryl/α,β-unsaturated/α-hetero) is 1. The first kappa shape index (κ1) is 21.9. The lowest BCUT2D eigenvalue weighted by molar-refractivity contribution is -0.120. The molecule has 0 saturated carbocycles. The molecule has 0 radical (unpaired) electrons. The number of halogens is 2. The number of nitrogens with zero attached hydrogens (tertiary/aromatic N) is 3. The number of carbonyl (C=O) groups excluding carboxylic acids is 1. The first-order chi connectivity index (χ1) is 14.3. The topological polar surface area (TPSA) is 77.1 Å². The minimum atomic E-state index is -0.580. The molecule has 0 aliphatic rings. The Labute approximate surface area is 178 Å². The average Bonchev–Trinajstić information content (AvgIpc) is 3.01. The standard InChI is InChI=1S/C22H23ClFN3O3/c1-14(2)11-18(29)13-26-21(16-5-8-20(24)19(23)12-16)25-27(22(26)30)17-6-3-15(4-7-17)9-10-28/h3-8,12,14,28H,9-11,13H2,1-2H3. The van der Waals surface area contributed by atoms with E-state index < -0.39 is 11.5 Å². The molecular weight excluding hydrogens is 409 g/mol. The molecule has 0 saturated heterocycles. The molecule has 0 amide bonds. The van der Waals surface area contributed by atoms with E-state index in [0.29, 0.717) is 24.1 Å². The van der Waals surface area contributed by atoms with Crippen LogP contribution in [-0.2, 0) is 17.8 Å². The summed E-state index contributed by atoms with van der Waals surface area (Å²) in [5, 5.41) is 13.4. The minimum Gasteiger partial charge on any atom is -0.396 e. The Hall–Kier alpha value is -2.77. The monoisotopic (exact) mass is 431 g/mol. The number of rotatable bonds is 8. The van der Waals surface area contributed by atoms with Gasteiger partial charge in [0.25, 0.3) is 0 Å². The molecule has 0 atom stereocenters. The van der Waals surface area contributed by atoms with Gasteiger partial charge in [-0.15, -0.1) is 5.10 Å². The van der Waals surface area contributed by atoms with Crippen molar-refractivity contribution in [1.29, 1.82) is 0 Å². The highest BCUT2D eigenvalue weighted by Crippen LogP contribution is 2.24. The van der Waals surface area contributed by atoms with Gasteiger partial charge in [-0.25, -0.2) is 9.18 Å². The van der Waals surface area contributed by atoms with E-state index >= 15 is 0 Å². The molecule has 3 aromatic rings. The molecular formula is C22H23ClFN3O3. The van der Waals surface area contributed by atoms with Gasteiger partial charge < -0.3 is 5.11 Å². The molecule has 0 fully saturated rings. The normalized spacial score (nSPS) is 11.3. The van der Waals surface area contributed by atoms with Crippen molar-refractivity contribution in [3.8, 4) is 17.1 Å². The molecule has 30 heavy (non-hydrogen) atoms. The van der Waals surface area contributed by atoms with E-state index in [4.69, 9.17) is 16.7 Å². The number of hydrogen-bond acceptors (Lipinski definition) is 4. The predicted molar refractivity (Wildman–Crippen MR) is 113 cm³/mol. The Kier molecular flexibility index (Phi) is 6.84. The molecule has 1 heterocycles. The van der Waals surface area contributed by atoms with Crippen molar-refractivity contribution < 1.29 is 14.3 Å². The maximum atomic E-state index is 13.6. The summed E-state index contributed by atoms with van der Waals surface area (Å²) in [6.45, 7) is 3.75. The SMILES string of the molecule is CC(C)CC(=O)Cn1c(-c2ccc(F)c(Cl)c2)nn(-c2ccc(CCO)cc2)c1=O. The van der Waals surface area contributed by atoms with E-state index in [1.165, 1.54) is 27.4 Å². The van der Waals surface area contributed by atoms with Crippen molar-refractivity contribution >= 4 is 17.4 Å². The number of aliphatic hydroxyl groups excluding tert-OH is 1. The third-order valence-corrected chi connectivity index (χ3v) is 4.88. The van der Waals surface area contributed by atoms with Crippen molar-refractivity contribution in [3.05, 3.63) is 69.4 Å². The van der Waals surface area contributed by atoms with Crippen LogP contribution in [-0.4, -0.2) is 31.8 Å². The number of carbonyl (C=O) groups is 1. The van der Waals surface area contributed by atoms with Gasteiger partial charge in [0.15, 0.2) is 11.6 Å². The highest BCUT2D eigenvalue weighted by molar-refractivity contribution is 6.31. The van der Waals surface area contributed by atoms with Crippen LogP contribution in [0.3, 0.4) is 0 Å². The van der Waals surface area contributed by atoms with Gasteiger partial charge in [-0.3, -0.25) is 9.36 Å². The quantitative estimate of drug-likeness (QED) is 0.590. The van der Waals surface area contributed by atoms with E-state index in [9.17, 15) is 14.0 Å². The van der Waals surface area contributed by atoms with Crippen molar-refractivity contribution in [3.63, 3.8) is 0 Å². The first-order valence-electron chi connectivity index (χ1n) is 9.67. The van der Waals surface area contributed by atoms with Crippen LogP contribution >= 0.6 is 11.6 Å². The summed E-state index contributed by atoms with van der Waals surface area (Å²) in [7, 11) is 0. The predicted octanol–water partition coefficient (Wildman–Crippen LogP) is 3.64. The average molecular weight is 432 g/mol. The van der Waals surface area contributed by atoms with E-state index in [1.54, 1.807) is 24.3 Å². The van der Waals surface area contributed by atoms with Crippen LogP contribution in [0.15, 0.2) is 47.3 Å². The van der Waals surface area contributed by atoms with E-state index in [1.807, 2.05) is 13.8 Å². The molecule has 0 unspecified atom stereocenters. The molecule has 8 heteroatoms. The summed E-state index contributed by atoms with van der Waals surface area (Å²) in [5.41, 5.74) is 1.40. The number of aliphatic hydroxyl groups is 1. The molecule has 158 valence electrons. The minimum absolute atomic E-state index is 0.0291. The molecule has 0 aliphatic heterocycles. The first-order valence-corrected chi connectivity index (χ1v) is 10.0. The van der Waals surface area contributed by atoms with Crippen LogP contribution in [0.5, 0.6) is 0 Å². The van der Waals surface area contributed by atoms with Gasteiger partial charge >= 0.3 is 5.69 Å². The molecule has 3 rings (SSSR count). The maximum Gasteiger partial charge on any atom is 0.351 e. The summed E-state index contributed by atoms with van der Waals surface area (Å²) in [6.07, 6.45) is 0.837. The summed E-state index contributed by atoms with van der Waals surface area (Å²) in [6, 6.07) is 11.1. The zero-order valence-corrected chi connectivity index (χ0v) is 17.6. The number of ketones is 1. The molecule has 0 spiro atoms. The molecule has 1 aromatic heterocycles. The van der Waals surface area contributed by atoms with Gasteiger partial charge in [0, 0.05) is 18.6 Å². The fourth-order valence-electron chi connectivity index (χ4n) is 3.19. The van der Waals surface area contributed by atoms with E-state index in [-0.39, 0.29) is 35.7 Å². The molecule has 0 aliphatic carbocycles. The fourth-order valence-corrected chi connectivity index (χ4v) is 3.37. The Morgan fingerprint density at radius 3 is 2.50 bits per heavy atom. The smallest absolute Gasteiger partial charge is 0.351 e. The van der Waals surface area contributed by atoms with Gasteiger partial charge in [0.2, 0.25) is 0 Å². The second kappa shape index (κ2) is 9.36. The number of benzene rings is 2. The lowest BCUT2D eigenvalue weighted by Gasteiger charge is -2.07.